The molecular weight excluding hydrogens is 1050 g/mol. The second-order valence-corrected chi connectivity index (χ2v) is 15.6. The number of nitrogens with zero attached hydrogens (tertiary/aromatic N) is 1. The van der Waals surface area contributed by atoms with Crippen LogP contribution in [0.3, 0.4) is 0 Å². The minimum atomic E-state index is -9.28. The Hall–Kier alpha value is -6.89. The van der Waals surface area contributed by atoms with E-state index >= 15 is 26.3 Å². The molecule has 0 bridgehead atoms. The molecule has 0 aliphatic rings. The molecule has 5 rings (SSSR count). The van der Waals surface area contributed by atoms with Gasteiger partial charge in [-0.05, 0) is 82.9 Å². The van der Waals surface area contributed by atoms with Crippen molar-refractivity contribution in [2.24, 2.45) is 0 Å². The monoisotopic (exact) mass is 1090 g/mol. The summed E-state index contributed by atoms with van der Waals surface area (Å²) in [5, 5.41) is 0. The van der Waals surface area contributed by atoms with Gasteiger partial charge >= 0.3 is 59.5 Å². The van der Waals surface area contributed by atoms with E-state index in [9.17, 15) is 65.9 Å². The van der Waals surface area contributed by atoms with Crippen molar-refractivity contribution in [3.8, 4) is 23.0 Å². The SMILES string of the molecule is COc1ccc(C(=CN(C=C(c2ccc(OC)cc2)c2ccc(OC)cc2)c2ccc(C(F)(F)C(F)(F)C(F)(F)C(F)(F)C(F)(F)C(F)(F)C(F)(F)C(F)(F)C(F)(F)C(F)(F)F)cc2)c2ccc(OC)cc2)cc1. The zero-order chi connectivity index (χ0) is 55.9. The Morgan fingerprint density at radius 2 is 0.541 bits per heavy atom. The van der Waals surface area contributed by atoms with Crippen LogP contribution in [0.1, 0.15) is 27.8 Å². The van der Waals surface area contributed by atoms with Crippen LogP contribution in [-0.2, 0) is 5.92 Å². The third-order valence-corrected chi connectivity index (χ3v) is 11.2. The van der Waals surface area contributed by atoms with Gasteiger partial charge in [0.25, 0.3) is 0 Å². The van der Waals surface area contributed by atoms with Crippen molar-refractivity contribution in [2.45, 2.75) is 59.5 Å². The van der Waals surface area contributed by atoms with Crippen LogP contribution in [0.5, 0.6) is 23.0 Å². The van der Waals surface area contributed by atoms with Gasteiger partial charge in [0.05, 0.1) is 28.4 Å². The number of hydrogen-bond acceptors (Lipinski definition) is 5. The van der Waals surface area contributed by atoms with E-state index in [1.807, 2.05) is 0 Å². The van der Waals surface area contributed by atoms with Gasteiger partial charge in [0, 0.05) is 34.8 Å². The van der Waals surface area contributed by atoms with E-state index in [2.05, 4.69) is 0 Å². The fraction of sp³-hybridized carbons (Fsp3) is 0.292. The first-order valence-corrected chi connectivity index (χ1v) is 20.3. The van der Waals surface area contributed by atoms with Crippen LogP contribution < -0.4 is 23.8 Å². The molecule has 0 atom stereocenters. The second-order valence-electron chi connectivity index (χ2n) is 15.6. The molecule has 0 aliphatic carbocycles. The molecule has 0 heterocycles. The first kappa shape index (κ1) is 58.0. The second kappa shape index (κ2) is 20.1. The Labute approximate surface area is 405 Å². The highest BCUT2D eigenvalue weighted by Crippen LogP contribution is 2.67. The maximum absolute atomic E-state index is 15.7. The standard InChI is InChI=1S/C48H34F21NO4/c1-71-33-17-5-27(6-18-33)37(28-7-19-34(72-2)20-8-28)25-70(26-38(29-9-21-35(73-3)22-10-29)30-11-23-36(74-4)24-12-30)32-15-13-31(14-16-32)39(49,50)40(51,52)41(53,54)42(55,56)43(57,58)44(59,60)45(61,62)46(63,64)47(65,66)48(67,68)69/h5-26H,1-4H3. The highest BCUT2D eigenvalue weighted by Gasteiger charge is 2.98. The largest absolute Gasteiger partial charge is 0.497 e. The smallest absolute Gasteiger partial charge is 0.460 e. The molecule has 0 N–H and O–H groups in total. The lowest BCUT2D eigenvalue weighted by Crippen LogP contribution is -2.76. The molecule has 5 aromatic rings. The molecule has 26 heteroatoms. The lowest BCUT2D eigenvalue weighted by Gasteiger charge is -2.44. The third-order valence-electron chi connectivity index (χ3n) is 11.2. The normalized spacial score (nSPS) is 13.5. The average molecular weight is 1090 g/mol. The summed E-state index contributed by atoms with van der Waals surface area (Å²) in [6.07, 6.45) is -5.44. The predicted molar refractivity (Wildman–Crippen MR) is 225 cm³/mol. The molecule has 0 saturated heterocycles. The summed E-state index contributed by atoms with van der Waals surface area (Å²) in [6.45, 7) is 0. The fourth-order valence-electron chi connectivity index (χ4n) is 6.76. The van der Waals surface area contributed by atoms with Crippen LogP contribution in [0.2, 0.25) is 0 Å². The van der Waals surface area contributed by atoms with E-state index in [4.69, 9.17) is 18.9 Å². The van der Waals surface area contributed by atoms with Crippen LogP contribution in [0.25, 0.3) is 11.1 Å². The van der Waals surface area contributed by atoms with E-state index in [1.165, 1.54) is 89.4 Å². The Bertz CT molecular complexity index is 2570. The molecular formula is C48H34F21NO4. The summed E-state index contributed by atoms with van der Waals surface area (Å²) in [5.74, 6) is -76.8. The maximum Gasteiger partial charge on any atom is 0.460 e. The summed E-state index contributed by atoms with van der Waals surface area (Å²) in [5.41, 5.74) is -0.899. The zero-order valence-electron chi connectivity index (χ0n) is 37.7. The van der Waals surface area contributed by atoms with Gasteiger partial charge in [0.2, 0.25) is 0 Å². The first-order valence-electron chi connectivity index (χ1n) is 20.3. The molecule has 0 aliphatic heterocycles. The molecule has 0 fully saturated rings. The van der Waals surface area contributed by atoms with Crippen LogP contribution in [0.4, 0.5) is 97.9 Å². The van der Waals surface area contributed by atoms with Crippen molar-refractivity contribution in [1.82, 2.24) is 0 Å². The number of methoxy groups -OCH3 is 4. The van der Waals surface area contributed by atoms with Crippen molar-refractivity contribution < 1.29 is 111 Å². The van der Waals surface area contributed by atoms with Gasteiger partial charge in [-0.1, -0.05) is 60.7 Å². The quantitative estimate of drug-likeness (QED) is 0.0727. The van der Waals surface area contributed by atoms with Crippen molar-refractivity contribution in [3.63, 3.8) is 0 Å². The molecule has 0 saturated carbocycles. The molecule has 0 spiro atoms. The molecule has 0 unspecified atom stereocenters. The summed E-state index contributed by atoms with van der Waals surface area (Å²) in [6, 6.07) is 25.1. The first-order chi connectivity index (χ1) is 34.0. The topological polar surface area (TPSA) is 40.2 Å². The molecule has 402 valence electrons. The lowest BCUT2D eigenvalue weighted by molar-refractivity contribution is -0.474. The Morgan fingerprint density at radius 1 is 0.311 bits per heavy atom. The molecule has 0 radical (unpaired) electrons. The molecule has 74 heavy (non-hydrogen) atoms. The van der Waals surface area contributed by atoms with Gasteiger partial charge in [0.1, 0.15) is 23.0 Å². The lowest BCUT2D eigenvalue weighted by atomic mass is 9.85. The van der Waals surface area contributed by atoms with Crippen LogP contribution >= 0.6 is 0 Å². The number of ether oxygens (including phenoxy) is 4. The average Bonchev–Trinajstić information content (AvgIpc) is 3.36. The zero-order valence-corrected chi connectivity index (χ0v) is 37.7. The van der Waals surface area contributed by atoms with Crippen LogP contribution in [0.15, 0.2) is 134 Å². The highest BCUT2D eigenvalue weighted by molar-refractivity contribution is 5.86. The number of hydrogen-bond donors (Lipinski definition) is 0. The maximum atomic E-state index is 15.7. The Balaban J connectivity index is 1.72. The number of halogens is 21. The summed E-state index contributed by atoms with van der Waals surface area (Å²) >= 11 is 0. The van der Waals surface area contributed by atoms with E-state index in [0.717, 1.165) is 4.90 Å². The minimum absolute atomic E-state index is 0.187. The van der Waals surface area contributed by atoms with Crippen LogP contribution in [0, 0.1) is 0 Å². The van der Waals surface area contributed by atoms with Crippen molar-refractivity contribution >= 4 is 16.8 Å². The molecule has 5 nitrogen and oxygen atoms in total. The van der Waals surface area contributed by atoms with E-state index in [-0.39, 0.29) is 23.3 Å². The summed E-state index contributed by atoms with van der Waals surface area (Å²) in [4.78, 5) is 1.14. The van der Waals surface area contributed by atoms with Crippen LogP contribution in [-0.4, -0.2) is 82.0 Å². The Morgan fingerprint density at radius 3 is 0.770 bits per heavy atom. The number of alkyl halides is 21. The number of anilines is 1. The van der Waals surface area contributed by atoms with E-state index in [0.29, 0.717) is 57.4 Å². The molecule has 5 aromatic carbocycles. The molecule has 0 amide bonds. The highest BCUT2D eigenvalue weighted by atomic mass is 19.4. The van der Waals surface area contributed by atoms with Gasteiger partial charge < -0.3 is 23.8 Å². The van der Waals surface area contributed by atoms with Crippen molar-refractivity contribution in [1.29, 1.82) is 0 Å². The summed E-state index contributed by atoms with van der Waals surface area (Å²) in [7, 11) is 5.42. The fourth-order valence-corrected chi connectivity index (χ4v) is 6.76. The van der Waals surface area contributed by atoms with Gasteiger partial charge in [-0.25, -0.2) is 0 Å². The molecule has 0 aromatic heterocycles. The number of rotatable bonds is 20. The minimum Gasteiger partial charge on any atom is -0.497 e. The number of benzene rings is 5. The van der Waals surface area contributed by atoms with Crippen molar-refractivity contribution in [2.75, 3.05) is 33.3 Å². The van der Waals surface area contributed by atoms with E-state index < -0.39 is 70.7 Å². The predicted octanol–water partition coefficient (Wildman–Crippen LogP) is 15.4. The van der Waals surface area contributed by atoms with Crippen molar-refractivity contribution in [3.05, 3.63) is 162 Å². The van der Waals surface area contributed by atoms with Gasteiger partial charge in [-0.3, -0.25) is 0 Å². The van der Waals surface area contributed by atoms with Gasteiger partial charge in [0.15, 0.2) is 0 Å². The Kier molecular flexibility index (Phi) is 15.7. The summed E-state index contributed by atoms with van der Waals surface area (Å²) < 4.78 is 320. The van der Waals surface area contributed by atoms with Gasteiger partial charge in [-0.15, -0.1) is 0 Å². The van der Waals surface area contributed by atoms with Gasteiger partial charge in [-0.2, -0.15) is 92.2 Å². The third kappa shape index (κ3) is 9.70. The van der Waals surface area contributed by atoms with E-state index in [1.54, 1.807) is 48.5 Å².